The quantitative estimate of drug-likeness (QED) is 0.674. The lowest BCUT2D eigenvalue weighted by Crippen LogP contribution is -2.19. The number of nitrogens with zero attached hydrogens (tertiary/aromatic N) is 1. The van der Waals surface area contributed by atoms with E-state index in [9.17, 15) is 10.1 Å². The van der Waals surface area contributed by atoms with Gasteiger partial charge >= 0.3 is 0 Å². The zero-order chi connectivity index (χ0) is 14.5. The first kappa shape index (κ1) is 17.1. The van der Waals surface area contributed by atoms with Crippen LogP contribution in [0.2, 0.25) is 0 Å². The maximum Gasteiger partial charge on any atom is 0.272 e. The molecular formula is C16H19ClN2O2. The highest BCUT2D eigenvalue weighted by Crippen LogP contribution is 2.25. The molecule has 0 aromatic heterocycles. The summed E-state index contributed by atoms with van der Waals surface area (Å²) in [6.07, 6.45) is 0.594. The van der Waals surface area contributed by atoms with Crippen LogP contribution in [-0.4, -0.2) is 12.0 Å². The Kier molecular flexibility index (Phi) is 6.34. The van der Waals surface area contributed by atoms with Crippen LogP contribution in [0, 0.1) is 17.0 Å². The normalized spacial score (nSPS) is 11.5. The second kappa shape index (κ2) is 7.76. The van der Waals surface area contributed by atoms with E-state index in [0.717, 1.165) is 11.1 Å². The van der Waals surface area contributed by atoms with Gasteiger partial charge in [0.1, 0.15) is 0 Å². The third-order valence-electron chi connectivity index (χ3n) is 3.41. The summed E-state index contributed by atoms with van der Waals surface area (Å²) in [7, 11) is 1.88. The molecule has 0 aliphatic rings. The average Bonchev–Trinajstić information content (AvgIpc) is 2.45. The SMILES string of the molecule is CNC(Cc1ccccc1[N+](=O)[O-])c1cccc(C)c1.Cl. The zero-order valence-corrected chi connectivity index (χ0v) is 12.9. The van der Waals surface area contributed by atoms with Crippen molar-refractivity contribution in [2.24, 2.45) is 0 Å². The smallest absolute Gasteiger partial charge is 0.272 e. The van der Waals surface area contributed by atoms with E-state index in [1.807, 2.05) is 44.3 Å². The van der Waals surface area contributed by atoms with Crippen LogP contribution in [0.3, 0.4) is 0 Å². The average molecular weight is 307 g/mol. The second-order valence-electron chi connectivity index (χ2n) is 4.85. The number of para-hydroxylation sites is 1. The van der Waals surface area contributed by atoms with Gasteiger partial charge in [0.05, 0.1) is 4.92 Å². The third kappa shape index (κ3) is 4.28. The van der Waals surface area contributed by atoms with Crippen LogP contribution in [0.25, 0.3) is 0 Å². The Labute approximate surface area is 130 Å². The van der Waals surface area contributed by atoms with Gasteiger partial charge in [-0.15, -0.1) is 12.4 Å². The van der Waals surface area contributed by atoms with Gasteiger partial charge in [-0.3, -0.25) is 10.1 Å². The van der Waals surface area contributed by atoms with Gasteiger partial charge < -0.3 is 5.32 Å². The molecule has 0 aliphatic heterocycles. The number of halogens is 1. The van der Waals surface area contributed by atoms with Crippen molar-refractivity contribution >= 4 is 18.1 Å². The molecule has 0 aliphatic carbocycles. The predicted molar refractivity (Wildman–Crippen MR) is 87.0 cm³/mol. The standard InChI is InChI=1S/C16H18N2O2.ClH/c1-12-6-5-8-13(10-12)15(17-2)11-14-7-3-4-9-16(14)18(19)20;/h3-10,15,17H,11H2,1-2H3;1H. The minimum atomic E-state index is -0.321. The zero-order valence-electron chi connectivity index (χ0n) is 12.1. The lowest BCUT2D eigenvalue weighted by atomic mass is 9.97. The number of likely N-dealkylation sites (N-methyl/N-ethyl adjacent to an activating group) is 1. The number of hydrogen-bond acceptors (Lipinski definition) is 3. The number of benzene rings is 2. The number of hydrogen-bond donors (Lipinski definition) is 1. The van der Waals surface area contributed by atoms with E-state index in [1.165, 1.54) is 5.56 Å². The van der Waals surface area contributed by atoms with Crippen LogP contribution >= 0.6 is 12.4 Å². The molecule has 5 heteroatoms. The molecule has 112 valence electrons. The first-order valence-corrected chi connectivity index (χ1v) is 6.58. The molecule has 2 rings (SSSR count). The number of nitrogens with one attached hydrogen (secondary N) is 1. The van der Waals surface area contributed by atoms with Crippen LogP contribution in [0.15, 0.2) is 48.5 Å². The van der Waals surface area contributed by atoms with Crippen LogP contribution in [-0.2, 0) is 6.42 Å². The Morgan fingerprint density at radius 3 is 2.52 bits per heavy atom. The Bertz CT molecular complexity index is 617. The van der Waals surface area contributed by atoms with E-state index < -0.39 is 0 Å². The van der Waals surface area contributed by atoms with Crippen LogP contribution in [0.5, 0.6) is 0 Å². The molecule has 0 saturated heterocycles. The maximum atomic E-state index is 11.1. The van der Waals surface area contributed by atoms with Gasteiger partial charge in [-0.2, -0.15) is 0 Å². The van der Waals surface area contributed by atoms with Crippen molar-refractivity contribution in [3.8, 4) is 0 Å². The number of nitro benzene ring substituents is 1. The fourth-order valence-corrected chi connectivity index (χ4v) is 2.35. The molecule has 0 heterocycles. The van der Waals surface area contributed by atoms with E-state index in [1.54, 1.807) is 12.1 Å². The molecule has 1 unspecified atom stereocenters. The second-order valence-corrected chi connectivity index (χ2v) is 4.85. The monoisotopic (exact) mass is 306 g/mol. The van der Waals surface area contributed by atoms with Crippen LogP contribution < -0.4 is 5.32 Å². The van der Waals surface area contributed by atoms with E-state index >= 15 is 0 Å². The Balaban J connectivity index is 0.00000220. The summed E-state index contributed by atoms with van der Waals surface area (Å²) in [6, 6.07) is 15.2. The summed E-state index contributed by atoms with van der Waals surface area (Å²) in [4.78, 5) is 10.7. The highest BCUT2D eigenvalue weighted by Gasteiger charge is 2.17. The van der Waals surface area contributed by atoms with Gasteiger partial charge in [0.25, 0.3) is 5.69 Å². The van der Waals surface area contributed by atoms with Crippen molar-refractivity contribution < 1.29 is 4.92 Å². The van der Waals surface area contributed by atoms with E-state index in [0.29, 0.717) is 6.42 Å². The Morgan fingerprint density at radius 1 is 1.19 bits per heavy atom. The molecule has 2 aromatic rings. The van der Waals surface area contributed by atoms with Gasteiger partial charge in [-0.05, 0) is 26.0 Å². The molecule has 0 saturated carbocycles. The number of rotatable bonds is 5. The molecule has 4 nitrogen and oxygen atoms in total. The molecule has 2 aromatic carbocycles. The summed E-state index contributed by atoms with van der Waals surface area (Å²) in [6.45, 7) is 2.04. The minimum absolute atomic E-state index is 0. The van der Waals surface area contributed by atoms with Gasteiger partial charge in [0.15, 0.2) is 0 Å². The topological polar surface area (TPSA) is 55.2 Å². The van der Waals surface area contributed by atoms with Crippen molar-refractivity contribution in [3.63, 3.8) is 0 Å². The molecule has 0 fully saturated rings. The largest absolute Gasteiger partial charge is 0.313 e. The molecule has 0 radical (unpaired) electrons. The number of aryl methyl sites for hydroxylation is 1. The van der Waals surface area contributed by atoms with Crippen LogP contribution in [0.1, 0.15) is 22.7 Å². The van der Waals surface area contributed by atoms with E-state index in [-0.39, 0.29) is 29.1 Å². The van der Waals surface area contributed by atoms with Gasteiger partial charge in [0.2, 0.25) is 0 Å². The van der Waals surface area contributed by atoms with E-state index in [2.05, 4.69) is 11.4 Å². The van der Waals surface area contributed by atoms with Gasteiger partial charge in [-0.25, -0.2) is 0 Å². The first-order valence-electron chi connectivity index (χ1n) is 6.58. The van der Waals surface area contributed by atoms with Crippen molar-refractivity contribution in [2.75, 3.05) is 7.05 Å². The number of nitro groups is 1. The molecule has 1 atom stereocenters. The van der Waals surface area contributed by atoms with Crippen molar-refractivity contribution in [1.29, 1.82) is 0 Å². The predicted octanol–water partition coefficient (Wildman–Crippen LogP) is 3.83. The molecule has 0 bridgehead atoms. The molecule has 21 heavy (non-hydrogen) atoms. The lowest BCUT2D eigenvalue weighted by Gasteiger charge is -2.17. The lowest BCUT2D eigenvalue weighted by molar-refractivity contribution is -0.385. The highest BCUT2D eigenvalue weighted by atomic mass is 35.5. The maximum absolute atomic E-state index is 11.1. The van der Waals surface area contributed by atoms with Gasteiger partial charge in [-0.1, -0.05) is 48.0 Å². The summed E-state index contributed by atoms with van der Waals surface area (Å²) >= 11 is 0. The summed E-state index contributed by atoms with van der Waals surface area (Å²) < 4.78 is 0. The first-order chi connectivity index (χ1) is 9.61. The van der Waals surface area contributed by atoms with Crippen LogP contribution in [0.4, 0.5) is 5.69 Å². The summed E-state index contributed by atoms with van der Waals surface area (Å²) in [5.41, 5.74) is 3.26. The Morgan fingerprint density at radius 2 is 1.90 bits per heavy atom. The summed E-state index contributed by atoms with van der Waals surface area (Å²) in [5, 5.41) is 14.3. The minimum Gasteiger partial charge on any atom is -0.313 e. The van der Waals surface area contributed by atoms with Crippen molar-refractivity contribution in [3.05, 3.63) is 75.3 Å². The van der Waals surface area contributed by atoms with Gasteiger partial charge in [0, 0.05) is 17.7 Å². The fraction of sp³-hybridized carbons (Fsp3) is 0.250. The molecular weight excluding hydrogens is 288 g/mol. The summed E-state index contributed by atoms with van der Waals surface area (Å²) in [5.74, 6) is 0. The highest BCUT2D eigenvalue weighted by molar-refractivity contribution is 5.85. The third-order valence-corrected chi connectivity index (χ3v) is 3.41. The van der Waals surface area contributed by atoms with E-state index in [4.69, 9.17) is 0 Å². The molecule has 1 N–H and O–H groups in total. The fourth-order valence-electron chi connectivity index (χ4n) is 2.35. The van der Waals surface area contributed by atoms with Crippen molar-refractivity contribution in [1.82, 2.24) is 5.32 Å². The van der Waals surface area contributed by atoms with Crippen molar-refractivity contribution in [2.45, 2.75) is 19.4 Å². The Hall–Kier alpha value is -1.91. The molecule has 0 spiro atoms. The molecule has 0 amide bonds.